The predicted molar refractivity (Wildman–Crippen MR) is 76.6 cm³/mol. The molecule has 0 amide bonds. The molecule has 1 N–H and O–H groups in total. The van der Waals surface area contributed by atoms with Crippen LogP contribution in [0.2, 0.25) is 0 Å². The third kappa shape index (κ3) is 2.44. The first kappa shape index (κ1) is 12.9. The molecular weight excluding hydrogens is 324 g/mol. The van der Waals surface area contributed by atoms with Crippen LogP contribution >= 0.6 is 15.9 Å². The van der Waals surface area contributed by atoms with E-state index >= 15 is 0 Å². The summed E-state index contributed by atoms with van der Waals surface area (Å²) in [4.78, 5) is 12.1. The highest BCUT2D eigenvalue weighted by Crippen LogP contribution is 2.20. The van der Waals surface area contributed by atoms with Crippen molar-refractivity contribution in [1.29, 1.82) is 0 Å². The van der Waals surface area contributed by atoms with Gasteiger partial charge in [-0.1, -0.05) is 22.0 Å². The normalized spacial score (nSPS) is 11.1. The van der Waals surface area contributed by atoms with E-state index in [-0.39, 0.29) is 5.69 Å². The molecule has 20 heavy (non-hydrogen) atoms. The number of aryl methyl sites for hydroxylation is 2. The standard InChI is InChI=1S/C13H11BrN4O2/c14-10-2-1-9-3-4-17(12(9)7-10)5-6-18-15-8-11(16-18)13(19)20/h1-4,7-8H,5-6H2,(H,19,20). The second-order valence-corrected chi connectivity index (χ2v) is 5.26. The van der Waals surface area contributed by atoms with E-state index in [1.807, 2.05) is 24.4 Å². The van der Waals surface area contributed by atoms with Crippen LogP contribution in [0.5, 0.6) is 0 Å². The topological polar surface area (TPSA) is 72.9 Å². The van der Waals surface area contributed by atoms with Crippen molar-refractivity contribution in [3.63, 3.8) is 0 Å². The number of carboxylic acids is 1. The van der Waals surface area contributed by atoms with Crippen LogP contribution in [-0.2, 0) is 13.1 Å². The van der Waals surface area contributed by atoms with Gasteiger partial charge in [0, 0.05) is 22.7 Å². The number of carbonyl (C=O) groups is 1. The zero-order valence-electron chi connectivity index (χ0n) is 10.4. The molecule has 0 atom stereocenters. The van der Waals surface area contributed by atoms with Crippen molar-refractivity contribution >= 4 is 32.8 Å². The number of carboxylic acid groups (broad SMARTS) is 1. The van der Waals surface area contributed by atoms with Crippen LogP contribution in [0.4, 0.5) is 0 Å². The van der Waals surface area contributed by atoms with Crippen molar-refractivity contribution < 1.29 is 9.90 Å². The Balaban J connectivity index is 1.79. The van der Waals surface area contributed by atoms with E-state index in [1.54, 1.807) is 0 Å². The Morgan fingerprint density at radius 1 is 1.30 bits per heavy atom. The van der Waals surface area contributed by atoms with E-state index in [0.29, 0.717) is 13.1 Å². The van der Waals surface area contributed by atoms with Crippen molar-refractivity contribution in [3.8, 4) is 0 Å². The molecule has 0 saturated heterocycles. The molecule has 0 aliphatic heterocycles. The number of hydrogen-bond acceptors (Lipinski definition) is 3. The highest BCUT2D eigenvalue weighted by molar-refractivity contribution is 9.10. The maximum absolute atomic E-state index is 10.7. The zero-order valence-corrected chi connectivity index (χ0v) is 12.0. The van der Waals surface area contributed by atoms with Crippen LogP contribution in [0.1, 0.15) is 10.5 Å². The smallest absolute Gasteiger partial charge is 0.358 e. The summed E-state index contributed by atoms with van der Waals surface area (Å²) in [6, 6.07) is 8.14. The van der Waals surface area contributed by atoms with Crippen LogP contribution in [0.25, 0.3) is 10.9 Å². The lowest BCUT2D eigenvalue weighted by atomic mass is 10.2. The fraction of sp³-hybridized carbons (Fsp3) is 0.154. The number of benzene rings is 1. The van der Waals surface area contributed by atoms with Gasteiger partial charge in [0.25, 0.3) is 0 Å². The second kappa shape index (κ2) is 5.09. The molecule has 0 fully saturated rings. The van der Waals surface area contributed by atoms with Gasteiger partial charge in [-0.05, 0) is 23.6 Å². The van der Waals surface area contributed by atoms with Gasteiger partial charge in [0.1, 0.15) is 0 Å². The summed E-state index contributed by atoms with van der Waals surface area (Å²) < 4.78 is 3.11. The minimum atomic E-state index is -1.06. The third-order valence-electron chi connectivity index (χ3n) is 3.03. The van der Waals surface area contributed by atoms with Gasteiger partial charge >= 0.3 is 5.97 Å². The number of hydrogen-bond donors (Lipinski definition) is 1. The van der Waals surface area contributed by atoms with E-state index < -0.39 is 5.97 Å². The van der Waals surface area contributed by atoms with Crippen LogP contribution in [-0.4, -0.2) is 30.6 Å². The first-order chi connectivity index (χ1) is 9.63. The number of halogens is 1. The first-order valence-corrected chi connectivity index (χ1v) is 6.80. The number of aromatic carboxylic acids is 1. The Bertz CT molecular complexity index is 778. The van der Waals surface area contributed by atoms with Crippen molar-refractivity contribution in [2.24, 2.45) is 0 Å². The molecule has 3 rings (SSSR count). The average Bonchev–Trinajstić information content (AvgIpc) is 3.02. The summed E-state index contributed by atoms with van der Waals surface area (Å²) in [6.45, 7) is 1.19. The lowest BCUT2D eigenvalue weighted by Crippen LogP contribution is -2.10. The lowest BCUT2D eigenvalue weighted by molar-refractivity contribution is 0.0689. The van der Waals surface area contributed by atoms with E-state index in [4.69, 9.17) is 5.11 Å². The summed E-state index contributed by atoms with van der Waals surface area (Å²) in [5.41, 5.74) is 1.08. The van der Waals surface area contributed by atoms with Crippen molar-refractivity contribution in [2.45, 2.75) is 13.1 Å². The summed E-state index contributed by atoms with van der Waals surface area (Å²) >= 11 is 3.46. The van der Waals surface area contributed by atoms with Crippen LogP contribution < -0.4 is 0 Å². The Morgan fingerprint density at radius 2 is 2.15 bits per heavy atom. The summed E-state index contributed by atoms with van der Waals surface area (Å²) in [7, 11) is 0. The van der Waals surface area contributed by atoms with Gasteiger partial charge in [-0.2, -0.15) is 9.90 Å². The Morgan fingerprint density at radius 3 is 2.90 bits per heavy atom. The molecule has 0 spiro atoms. The zero-order chi connectivity index (χ0) is 14.1. The molecule has 0 aliphatic rings. The number of rotatable bonds is 4. The molecule has 7 heteroatoms. The summed E-state index contributed by atoms with van der Waals surface area (Å²) in [5, 5.41) is 17.8. The van der Waals surface area contributed by atoms with E-state index in [0.717, 1.165) is 15.4 Å². The van der Waals surface area contributed by atoms with E-state index in [2.05, 4.69) is 36.8 Å². The van der Waals surface area contributed by atoms with Gasteiger partial charge in [0.15, 0.2) is 5.69 Å². The third-order valence-corrected chi connectivity index (χ3v) is 3.53. The largest absolute Gasteiger partial charge is 0.476 e. The fourth-order valence-electron chi connectivity index (χ4n) is 2.05. The van der Waals surface area contributed by atoms with Crippen LogP contribution in [0, 0.1) is 0 Å². The molecule has 0 aliphatic carbocycles. The minimum Gasteiger partial charge on any atom is -0.476 e. The summed E-state index contributed by atoms with van der Waals surface area (Å²) in [5.74, 6) is -1.06. The fourth-order valence-corrected chi connectivity index (χ4v) is 2.40. The molecule has 0 saturated carbocycles. The van der Waals surface area contributed by atoms with Gasteiger partial charge < -0.3 is 9.67 Å². The monoisotopic (exact) mass is 334 g/mol. The van der Waals surface area contributed by atoms with Crippen molar-refractivity contribution in [3.05, 3.63) is 46.8 Å². The van der Waals surface area contributed by atoms with Crippen LogP contribution in [0.3, 0.4) is 0 Å². The van der Waals surface area contributed by atoms with Crippen molar-refractivity contribution in [1.82, 2.24) is 19.6 Å². The van der Waals surface area contributed by atoms with E-state index in [9.17, 15) is 4.79 Å². The molecule has 0 unspecified atom stereocenters. The first-order valence-electron chi connectivity index (χ1n) is 6.01. The molecule has 3 aromatic rings. The lowest BCUT2D eigenvalue weighted by Gasteiger charge is -2.05. The highest BCUT2D eigenvalue weighted by atomic mass is 79.9. The quantitative estimate of drug-likeness (QED) is 0.795. The highest BCUT2D eigenvalue weighted by Gasteiger charge is 2.08. The minimum absolute atomic E-state index is 0.0369. The van der Waals surface area contributed by atoms with Gasteiger partial charge in [0.2, 0.25) is 0 Å². The van der Waals surface area contributed by atoms with Gasteiger partial charge in [-0.15, -0.1) is 5.10 Å². The predicted octanol–water partition coefficient (Wildman–Crippen LogP) is 2.39. The van der Waals surface area contributed by atoms with Gasteiger partial charge in [-0.25, -0.2) is 4.79 Å². The molecule has 2 aromatic heterocycles. The number of aromatic nitrogens is 4. The molecule has 2 heterocycles. The molecule has 1 aromatic carbocycles. The molecule has 6 nitrogen and oxygen atoms in total. The maximum Gasteiger partial charge on any atom is 0.358 e. The molecule has 0 radical (unpaired) electrons. The van der Waals surface area contributed by atoms with Gasteiger partial charge in [-0.3, -0.25) is 0 Å². The van der Waals surface area contributed by atoms with Gasteiger partial charge in [0.05, 0.1) is 12.7 Å². The van der Waals surface area contributed by atoms with Crippen molar-refractivity contribution in [2.75, 3.05) is 0 Å². The SMILES string of the molecule is O=C(O)c1cnn(CCn2ccc3ccc(Br)cc32)n1. The molecular formula is C13H11BrN4O2. The average molecular weight is 335 g/mol. The van der Waals surface area contributed by atoms with Crippen LogP contribution in [0.15, 0.2) is 41.1 Å². The second-order valence-electron chi connectivity index (χ2n) is 4.34. The summed E-state index contributed by atoms with van der Waals surface area (Å²) in [6.07, 6.45) is 3.26. The Hall–Kier alpha value is -2.15. The Kier molecular flexibility index (Phi) is 3.27. The molecule has 0 bridgehead atoms. The molecule has 102 valence electrons. The van der Waals surface area contributed by atoms with E-state index in [1.165, 1.54) is 11.0 Å². The Labute approximate surface area is 122 Å². The maximum atomic E-state index is 10.7. The number of fused-ring (bicyclic) bond motifs is 1. The number of nitrogens with zero attached hydrogens (tertiary/aromatic N) is 4.